The zero-order valence-electron chi connectivity index (χ0n) is 13.1. The van der Waals surface area contributed by atoms with Crippen LogP contribution in [0.4, 0.5) is 0 Å². The average molecular weight is 290 g/mol. The van der Waals surface area contributed by atoms with Gasteiger partial charge >= 0.3 is 0 Å². The maximum atomic E-state index is 5.70. The SMILES string of the molecule is CCC1CCCN1CC(NC)c1ccc2c(c1)OCCO2. The molecule has 2 aliphatic rings. The number of hydrogen-bond acceptors (Lipinski definition) is 4. The topological polar surface area (TPSA) is 33.7 Å². The van der Waals surface area contributed by atoms with Crippen LogP contribution in [-0.4, -0.2) is 44.3 Å². The third-order valence-corrected chi connectivity index (χ3v) is 4.70. The fourth-order valence-electron chi connectivity index (χ4n) is 3.47. The monoisotopic (exact) mass is 290 g/mol. The number of rotatable bonds is 5. The van der Waals surface area contributed by atoms with Gasteiger partial charge < -0.3 is 14.8 Å². The van der Waals surface area contributed by atoms with Crippen molar-refractivity contribution in [2.24, 2.45) is 0 Å². The van der Waals surface area contributed by atoms with Crippen LogP contribution in [0.3, 0.4) is 0 Å². The number of likely N-dealkylation sites (tertiary alicyclic amines) is 1. The molecule has 2 unspecified atom stereocenters. The van der Waals surface area contributed by atoms with Crippen LogP contribution in [0.25, 0.3) is 0 Å². The van der Waals surface area contributed by atoms with Gasteiger partial charge in [0.1, 0.15) is 13.2 Å². The molecule has 2 aliphatic heterocycles. The summed E-state index contributed by atoms with van der Waals surface area (Å²) < 4.78 is 11.3. The number of nitrogens with zero attached hydrogens (tertiary/aromatic N) is 1. The maximum absolute atomic E-state index is 5.70. The van der Waals surface area contributed by atoms with E-state index in [1.54, 1.807) is 0 Å². The molecule has 1 aromatic carbocycles. The highest BCUT2D eigenvalue weighted by Crippen LogP contribution is 2.33. The van der Waals surface area contributed by atoms with Crippen LogP contribution < -0.4 is 14.8 Å². The third kappa shape index (κ3) is 3.16. The first-order chi connectivity index (χ1) is 10.3. The van der Waals surface area contributed by atoms with Crippen molar-refractivity contribution in [3.63, 3.8) is 0 Å². The van der Waals surface area contributed by atoms with E-state index in [-0.39, 0.29) is 0 Å². The van der Waals surface area contributed by atoms with Crippen molar-refractivity contribution in [2.45, 2.75) is 38.3 Å². The minimum absolute atomic E-state index is 0.341. The molecule has 1 saturated heterocycles. The van der Waals surface area contributed by atoms with Gasteiger partial charge in [0.05, 0.1) is 0 Å². The highest BCUT2D eigenvalue weighted by atomic mass is 16.6. The molecule has 0 spiro atoms. The molecule has 1 aromatic rings. The van der Waals surface area contributed by atoms with Gasteiger partial charge in [0, 0.05) is 18.6 Å². The molecule has 0 bridgehead atoms. The van der Waals surface area contributed by atoms with Crippen molar-refractivity contribution in [3.8, 4) is 11.5 Å². The Labute approximate surface area is 127 Å². The number of ether oxygens (including phenoxy) is 2. The Balaban J connectivity index is 1.73. The van der Waals surface area contributed by atoms with Crippen LogP contribution in [0.1, 0.15) is 37.8 Å². The molecule has 0 amide bonds. The summed E-state index contributed by atoms with van der Waals surface area (Å²) >= 11 is 0. The molecule has 2 atom stereocenters. The number of likely N-dealkylation sites (N-methyl/N-ethyl adjacent to an activating group) is 1. The van der Waals surface area contributed by atoms with Crippen molar-refractivity contribution < 1.29 is 9.47 Å². The highest BCUT2D eigenvalue weighted by molar-refractivity contribution is 5.44. The standard InChI is InChI=1S/C17H26N2O2/c1-3-14-5-4-8-19(14)12-15(18-2)13-6-7-16-17(11-13)21-10-9-20-16/h6-7,11,14-15,18H,3-5,8-10,12H2,1-2H3. The molecule has 2 heterocycles. The van der Waals surface area contributed by atoms with E-state index < -0.39 is 0 Å². The summed E-state index contributed by atoms with van der Waals surface area (Å²) in [4.78, 5) is 2.62. The van der Waals surface area contributed by atoms with Crippen LogP contribution in [0.2, 0.25) is 0 Å². The molecule has 4 nitrogen and oxygen atoms in total. The van der Waals surface area contributed by atoms with Gasteiger partial charge in [-0.3, -0.25) is 4.90 Å². The molecule has 0 aliphatic carbocycles. The van der Waals surface area contributed by atoms with Crippen LogP contribution in [-0.2, 0) is 0 Å². The lowest BCUT2D eigenvalue weighted by Crippen LogP contribution is -2.36. The number of fused-ring (bicyclic) bond motifs is 1. The Hall–Kier alpha value is -1.26. The van der Waals surface area contributed by atoms with E-state index in [9.17, 15) is 0 Å². The summed E-state index contributed by atoms with van der Waals surface area (Å²) in [6.07, 6.45) is 3.92. The van der Waals surface area contributed by atoms with E-state index in [4.69, 9.17) is 9.47 Å². The van der Waals surface area contributed by atoms with Crippen molar-refractivity contribution in [1.82, 2.24) is 10.2 Å². The minimum Gasteiger partial charge on any atom is -0.486 e. The average Bonchev–Trinajstić information content (AvgIpc) is 2.99. The first kappa shape index (κ1) is 14.7. The van der Waals surface area contributed by atoms with Crippen LogP contribution in [0.15, 0.2) is 18.2 Å². The first-order valence-electron chi connectivity index (χ1n) is 8.12. The molecule has 1 N–H and O–H groups in total. The second-order valence-electron chi connectivity index (χ2n) is 5.94. The van der Waals surface area contributed by atoms with Crippen LogP contribution in [0, 0.1) is 0 Å². The van der Waals surface area contributed by atoms with Crippen LogP contribution in [0.5, 0.6) is 11.5 Å². The third-order valence-electron chi connectivity index (χ3n) is 4.70. The summed E-state index contributed by atoms with van der Waals surface area (Å²) in [5.74, 6) is 1.75. The molecular formula is C17H26N2O2. The van der Waals surface area contributed by atoms with Gasteiger partial charge in [0.2, 0.25) is 0 Å². The molecule has 4 heteroatoms. The van der Waals surface area contributed by atoms with Gasteiger partial charge in [0.15, 0.2) is 11.5 Å². The maximum Gasteiger partial charge on any atom is 0.161 e. The van der Waals surface area contributed by atoms with E-state index in [1.807, 2.05) is 13.1 Å². The number of nitrogens with one attached hydrogen (secondary N) is 1. The predicted molar refractivity (Wildman–Crippen MR) is 84.1 cm³/mol. The van der Waals surface area contributed by atoms with Gasteiger partial charge in [0.25, 0.3) is 0 Å². The van der Waals surface area contributed by atoms with Gasteiger partial charge in [-0.2, -0.15) is 0 Å². The van der Waals surface area contributed by atoms with Crippen molar-refractivity contribution >= 4 is 0 Å². The van der Waals surface area contributed by atoms with E-state index in [0.717, 1.165) is 24.1 Å². The summed E-state index contributed by atoms with van der Waals surface area (Å²) in [5.41, 5.74) is 1.28. The Morgan fingerprint density at radius 3 is 2.86 bits per heavy atom. The first-order valence-corrected chi connectivity index (χ1v) is 8.12. The van der Waals surface area contributed by atoms with E-state index >= 15 is 0 Å². The lowest BCUT2D eigenvalue weighted by molar-refractivity contribution is 0.171. The van der Waals surface area contributed by atoms with E-state index in [1.165, 1.54) is 31.4 Å². The fourth-order valence-corrected chi connectivity index (χ4v) is 3.47. The number of hydrogen-bond donors (Lipinski definition) is 1. The van der Waals surface area contributed by atoms with Gasteiger partial charge in [-0.1, -0.05) is 13.0 Å². The second kappa shape index (κ2) is 6.67. The molecule has 0 saturated carbocycles. The molecule has 0 radical (unpaired) electrons. The lowest BCUT2D eigenvalue weighted by Gasteiger charge is -2.29. The molecule has 1 fully saturated rings. The normalized spacial score (nSPS) is 23.2. The second-order valence-corrected chi connectivity index (χ2v) is 5.94. The summed E-state index contributed by atoms with van der Waals surface area (Å²) in [6.45, 7) is 5.87. The highest BCUT2D eigenvalue weighted by Gasteiger charge is 2.26. The summed E-state index contributed by atoms with van der Waals surface area (Å²) in [7, 11) is 2.04. The Bertz CT molecular complexity index is 478. The van der Waals surface area contributed by atoms with Crippen LogP contribution >= 0.6 is 0 Å². The molecule has 116 valence electrons. The molecule has 0 aromatic heterocycles. The van der Waals surface area contributed by atoms with E-state index in [2.05, 4.69) is 29.3 Å². The zero-order valence-corrected chi connectivity index (χ0v) is 13.1. The predicted octanol–water partition coefficient (Wildman–Crippen LogP) is 2.59. The molecule has 3 rings (SSSR count). The van der Waals surface area contributed by atoms with Gasteiger partial charge in [-0.15, -0.1) is 0 Å². The van der Waals surface area contributed by atoms with Crippen molar-refractivity contribution in [3.05, 3.63) is 23.8 Å². The quantitative estimate of drug-likeness (QED) is 0.904. The fraction of sp³-hybridized carbons (Fsp3) is 0.647. The summed E-state index contributed by atoms with van der Waals surface area (Å²) in [5, 5.41) is 3.46. The molecule has 21 heavy (non-hydrogen) atoms. The zero-order chi connectivity index (χ0) is 14.7. The molecular weight excluding hydrogens is 264 g/mol. The minimum atomic E-state index is 0.341. The van der Waals surface area contributed by atoms with E-state index in [0.29, 0.717) is 19.3 Å². The van der Waals surface area contributed by atoms with Gasteiger partial charge in [-0.05, 0) is 50.6 Å². The smallest absolute Gasteiger partial charge is 0.161 e. The lowest BCUT2D eigenvalue weighted by atomic mass is 10.0. The Kier molecular flexibility index (Phi) is 4.66. The largest absolute Gasteiger partial charge is 0.486 e. The number of benzene rings is 1. The van der Waals surface area contributed by atoms with Crippen molar-refractivity contribution in [2.75, 3.05) is 33.4 Å². The Morgan fingerprint density at radius 1 is 1.29 bits per heavy atom. The van der Waals surface area contributed by atoms with Crippen molar-refractivity contribution in [1.29, 1.82) is 0 Å². The Morgan fingerprint density at radius 2 is 2.10 bits per heavy atom. The summed E-state index contributed by atoms with van der Waals surface area (Å²) in [6, 6.07) is 7.42. The van der Waals surface area contributed by atoms with Gasteiger partial charge in [-0.25, -0.2) is 0 Å².